The second-order valence-electron chi connectivity index (χ2n) is 5.02. The molecule has 5 heteroatoms. The number of amides is 1. The average Bonchev–Trinajstić information content (AvgIpc) is 3.13. The predicted molar refractivity (Wildman–Crippen MR) is 91.4 cm³/mol. The van der Waals surface area contributed by atoms with Crippen molar-refractivity contribution in [1.82, 2.24) is 4.98 Å². The fourth-order valence-electron chi connectivity index (χ4n) is 2.04. The highest BCUT2D eigenvalue weighted by molar-refractivity contribution is 6.01. The van der Waals surface area contributed by atoms with Gasteiger partial charge in [-0.1, -0.05) is 12.1 Å². The van der Waals surface area contributed by atoms with Gasteiger partial charge in [0.05, 0.1) is 6.26 Å². The minimum Gasteiger partial charge on any atom is -0.489 e. The van der Waals surface area contributed by atoms with E-state index < -0.39 is 0 Å². The average molecular weight is 320 g/mol. The van der Waals surface area contributed by atoms with Crippen LogP contribution in [0.2, 0.25) is 0 Å². The lowest BCUT2D eigenvalue weighted by Crippen LogP contribution is -2.07. The molecule has 120 valence electrons. The zero-order valence-corrected chi connectivity index (χ0v) is 12.9. The molecule has 3 aromatic rings. The fraction of sp³-hybridized carbons (Fsp3) is 0.0526. The molecule has 1 N–H and O–H groups in total. The van der Waals surface area contributed by atoms with Gasteiger partial charge in [0.2, 0.25) is 5.91 Å². The van der Waals surface area contributed by atoms with Crippen molar-refractivity contribution >= 4 is 17.7 Å². The van der Waals surface area contributed by atoms with Gasteiger partial charge in [0.15, 0.2) is 0 Å². The van der Waals surface area contributed by atoms with Gasteiger partial charge in [-0.15, -0.1) is 0 Å². The number of aromatic nitrogens is 1. The van der Waals surface area contributed by atoms with Gasteiger partial charge in [-0.05, 0) is 36.4 Å². The number of benzene rings is 1. The van der Waals surface area contributed by atoms with Gasteiger partial charge in [0, 0.05) is 35.8 Å². The number of hydrogen-bond acceptors (Lipinski definition) is 4. The molecule has 1 aromatic carbocycles. The highest BCUT2D eigenvalue weighted by Gasteiger charge is 2.01. The minimum absolute atomic E-state index is 0.240. The summed E-state index contributed by atoms with van der Waals surface area (Å²) >= 11 is 0. The molecule has 2 aromatic heterocycles. The number of ether oxygens (including phenoxy) is 1. The van der Waals surface area contributed by atoms with E-state index in [1.807, 2.05) is 24.3 Å². The van der Waals surface area contributed by atoms with Crippen LogP contribution in [0.25, 0.3) is 6.08 Å². The van der Waals surface area contributed by atoms with Crippen LogP contribution in [0.1, 0.15) is 11.3 Å². The van der Waals surface area contributed by atoms with Crippen molar-refractivity contribution in [3.63, 3.8) is 0 Å². The third-order valence-corrected chi connectivity index (χ3v) is 3.17. The molecule has 3 rings (SSSR count). The number of anilines is 1. The Hall–Kier alpha value is -3.34. The molecular weight excluding hydrogens is 304 g/mol. The molecule has 0 aliphatic carbocycles. The van der Waals surface area contributed by atoms with Gasteiger partial charge in [-0.3, -0.25) is 9.78 Å². The Morgan fingerprint density at radius 1 is 1.21 bits per heavy atom. The van der Waals surface area contributed by atoms with Crippen molar-refractivity contribution in [2.45, 2.75) is 6.61 Å². The maximum Gasteiger partial charge on any atom is 0.248 e. The fourth-order valence-corrected chi connectivity index (χ4v) is 2.04. The standard InChI is InChI=1S/C19H16N2O3/c22-19(9-8-17-7-3-11-23-17)21-16-5-1-6-18(12-16)24-14-15-4-2-10-20-13-15/h1-13H,14H2,(H,21,22)/b9-8+. The van der Waals surface area contributed by atoms with Crippen LogP contribution >= 0.6 is 0 Å². The molecule has 2 heterocycles. The number of carbonyl (C=O) groups excluding carboxylic acids is 1. The summed E-state index contributed by atoms with van der Waals surface area (Å²) in [4.78, 5) is 16.0. The Morgan fingerprint density at radius 3 is 2.96 bits per heavy atom. The summed E-state index contributed by atoms with van der Waals surface area (Å²) in [7, 11) is 0. The summed E-state index contributed by atoms with van der Waals surface area (Å²) in [5, 5.41) is 2.78. The molecule has 0 aliphatic heterocycles. The summed E-state index contributed by atoms with van der Waals surface area (Å²) in [6.45, 7) is 0.420. The van der Waals surface area contributed by atoms with Gasteiger partial charge in [0.25, 0.3) is 0 Å². The van der Waals surface area contributed by atoms with Crippen LogP contribution in [-0.2, 0) is 11.4 Å². The third kappa shape index (κ3) is 4.58. The Labute approximate surface area is 139 Å². The van der Waals surface area contributed by atoms with Crippen LogP contribution in [0.3, 0.4) is 0 Å². The first kappa shape index (κ1) is 15.6. The number of nitrogens with one attached hydrogen (secondary N) is 1. The van der Waals surface area contributed by atoms with Crippen LogP contribution in [0.4, 0.5) is 5.69 Å². The van der Waals surface area contributed by atoms with E-state index in [9.17, 15) is 4.79 Å². The van der Waals surface area contributed by atoms with E-state index in [-0.39, 0.29) is 5.91 Å². The lowest BCUT2D eigenvalue weighted by Gasteiger charge is -2.08. The van der Waals surface area contributed by atoms with E-state index in [0.29, 0.717) is 23.8 Å². The highest BCUT2D eigenvalue weighted by Crippen LogP contribution is 2.18. The molecule has 1 amide bonds. The van der Waals surface area contributed by atoms with Gasteiger partial charge in [0.1, 0.15) is 18.1 Å². The molecule has 0 unspecified atom stereocenters. The quantitative estimate of drug-likeness (QED) is 0.700. The predicted octanol–water partition coefficient (Wildman–Crippen LogP) is 3.91. The monoisotopic (exact) mass is 320 g/mol. The molecule has 0 saturated carbocycles. The second kappa shape index (κ2) is 7.78. The van der Waals surface area contributed by atoms with Gasteiger partial charge >= 0.3 is 0 Å². The van der Waals surface area contributed by atoms with Crippen LogP contribution in [0, 0.1) is 0 Å². The Bertz CT molecular complexity index is 812. The van der Waals surface area contributed by atoms with Crippen LogP contribution in [-0.4, -0.2) is 10.9 Å². The minimum atomic E-state index is -0.240. The SMILES string of the molecule is O=C(/C=C/c1ccco1)Nc1cccc(OCc2cccnc2)c1. The maximum absolute atomic E-state index is 11.9. The Balaban J connectivity index is 1.57. The van der Waals surface area contributed by atoms with Gasteiger partial charge in [-0.2, -0.15) is 0 Å². The molecule has 0 radical (unpaired) electrons. The zero-order chi connectivity index (χ0) is 16.6. The molecule has 0 bridgehead atoms. The van der Waals surface area contributed by atoms with E-state index in [0.717, 1.165) is 5.56 Å². The first-order chi connectivity index (χ1) is 11.8. The first-order valence-corrected chi connectivity index (χ1v) is 7.44. The largest absolute Gasteiger partial charge is 0.489 e. The van der Waals surface area contributed by atoms with Crippen LogP contribution < -0.4 is 10.1 Å². The highest BCUT2D eigenvalue weighted by atomic mass is 16.5. The lowest BCUT2D eigenvalue weighted by atomic mass is 10.3. The topological polar surface area (TPSA) is 64.4 Å². The lowest BCUT2D eigenvalue weighted by molar-refractivity contribution is -0.111. The summed E-state index contributed by atoms with van der Waals surface area (Å²) in [5.41, 5.74) is 1.64. The number of furan rings is 1. The van der Waals surface area contributed by atoms with E-state index in [2.05, 4.69) is 10.3 Å². The van der Waals surface area contributed by atoms with Crippen molar-refractivity contribution in [1.29, 1.82) is 0 Å². The van der Waals surface area contributed by atoms with E-state index in [4.69, 9.17) is 9.15 Å². The van der Waals surface area contributed by atoms with Crippen molar-refractivity contribution < 1.29 is 13.9 Å². The molecule has 0 aliphatic rings. The van der Waals surface area contributed by atoms with Crippen molar-refractivity contribution in [3.8, 4) is 5.75 Å². The van der Waals surface area contributed by atoms with Crippen molar-refractivity contribution in [2.24, 2.45) is 0 Å². The smallest absolute Gasteiger partial charge is 0.248 e. The number of hydrogen-bond donors (Lipinski definition) is 1. The van der Waals surface area contributed by atoms with Crippen molar-refractivity contribution in [3.05, 3.63) is 84.6 Å². The number of pyridine rings is 1. The normalized spacial score (nSPS) is 10.7. The molecule has 5 nitrogen and oxygen atoms in total. The Kier molecular flexibility index (Phi) is 5.04. The molecule has 0 atom stereocenters. The summed E-state index contributed by atoms with van der Waals surface area (Å²) < 4.78 is 10.8. The van der Waals surface area contributed by atoms with E-state index >= 15 is 0 Å². The Morgan fingerprint density at radius 2 is 2.17 bits per heavy atom. The maximum atomic E-state index is 11.9. The first-order valence-electron chi connectivity index (χ1n) is 7.44. The van der Waals surface area contributed by atoms with Crippen molar-refractivity contribution in [2.75, 3.05) is 5.32 Å². The van der Waals surface area contributed by atoms with Crippen LogP contribution in [0.15, 0.2) is 77.7 Å². The summed E-state index contributed by atoms with van der Waals surface area (Å²) in [6, 6.07) is 14.6. The molecule has 24 heavy (non-hydrogen) atoms. The molecule has 0 spiro atoms. The number of nitrogens with zero attached hydrogens (tertiary/aromatic N) is 1. The molecule has 0 fully saturated rings. The van der Waals surface area contributed by atoms with E-state index in [1.54, 1.807) is 49.0 Å². The van der Waals surface area contributed by atoms with E-state index in [1.165, 1.54) is 6.08 Å². The summed E-state index contributed by atoms with van der Waals surface area (Å²) in [6.07, 6.45) is 8.06. The number of rotatable bonds is 6. The zero-order valence-electron chi connectivity index (χ0n) is 12.9. The molecule has 0 saturated heterocycles. The van der Waals surface area contributed by atoms with Gasteiger partial charge < -0.3 is 14.5 Å². The van der Waals surface area contributed by atoms with Gasteiger partial charge in [-0.25, -0.2) is 0 Å². The molecular formula is C19H16N2O3. The third-order valence-electron chi connectivity index (χ3n) is 3.17. The number of carbonyl (C=O) groups is 1. The van der Waals surface area contributed by atoms with Crippen LogP contribution in [0.5, 0.6) is 5.75 Å². The second-order valence-corrected chi connectivity index (χ2v) is 5.02. The summed E-state index contributed by atoms with van der Waals surface area (Å²) in [5.74, 6) is 1.06.